The van der Waals surface area contributed by atoms with Crippen LogP contribution in [0.25, 0.3) is 0 Å². The van der Waals surface area contributed by atoms with Crippen molar-refractivity contribution < 1.29 is 37.3 Å². The molecule has 0 heterocycles. The Labute approximate surface area is 373 Å². The first-order valence-corrected chi connectivity index (χ1v) is 24.4. The van der Waals surface area contributed by atoms with E-state index in [9.17, 15) is 14.3 Å². The second-order valence-corrected chi connectivity index (χ2v) is 17.1. The van der Waals surface area contributed by atoms with Crippen LogP contribution in [0.1, 0.15) is 129 Å². The molecule has 0 saturated carbocycles. The number of phosphoric ester groups is 1. The summed E-state index contributed by atoms with van der Waals surface area (Å²) in [7, 11) is 1.58. The van der Waals surface area contributed by atoms with Gasteiger partial charge in [-0.3, -0.25) is 13.8 Å². The van der Waals surface area contributed by atoms with Gasteiger partial charge in [0.05, 0.1) is 34.4 Å². The number of quaternary nitrogens is 1. The molecule has 0 fully saturated rings. The first-order chi connectivity index (χ1) is 29.6. The van der Waals surface area contributed by atoms with Crippen molar-refractivity contribution in [2.45, 2.75) is 136 Å². The van der Waals surface area contributed by atoms with Gasteiger partial charge in [-0.2, -0.15) is 0 Å². The predicted octanol–water partition coefficient (Wildman–Crippen LogP) is 13.9. The standard InChI is InChI=1S/C52H84NO7P/c1-6-8-10-12-14-16-18-20-22-24-26-27-28-29-31-33-35-37-39-41-43-45-52(54)60-51(50-59-61(55,56)58-48-46-53(3,4)5)49-57-47-44-42-40-38-36-34-32-30-25-23-21-19-17-15-13-11-9-7-2/h8-11,14-17,20-23,26-27,29-32,35-38,51H,6-7,12-13,18-19,24-25,28,33-34,39-50H2,1-5H3/p+1/b10-8-,11-9-,16-14-,17-15-,22-20-,23-21-,27-26-,31-29-,32-30-,37-35-,38-36-. The normalized spacial score (nSPS) is 14.9. The number of rotatable bonds is 40. The highest BCUT2D eigenvalue weighted by Crippen LogP contribution is 2.43. The van der Waals surface area contributed by atoms with Gasteiger partial charge in [-0.15, -0.1) is 0 Å². The lowest BCUT2D eigenvalue weighted by molar-refractivity contribution is -0.870. The third-order valence-electron chi connectivity index (χ3n) is 8.71. The molecule has 8 nitrogen and oxygen atoms in total. The van der Waals surface area contributed by atoms with E-state index in [1.807, 2.05) is 21.1 Å². The van der Waals surface area contributed by atoms with Crippen LogP contribution < -0.4 is 0 Å². The molecule has 0 aromatic rings. The number of allylic oxidation sites excluding steroid dienone is 22. The van der Waals surface area contributed by atoms with Crippen molar-refractivity contribution in [2.24, 2.45) is 0 Å². The SMILES string of the molecule is CC/C=C\C/C=C\C/C=C\C/C=C\C/C=C\C/C=C\CCCCC(=O)OC(COCCCC/C=C\C/C=C\C/C=C\C/C=C\C/C=C\CC)COP(=O)(O)OCC[N+](C)(C)C. The fourth-order valence-electron chi connectivity index (χ4n) is 5.23. The zero-order valence-corrected chi connectivity index (χ0v) is 39.7. The van der Waals surface area contributed by atoms with E-state index in [-0.39, 0.29) is 32.2 Å². The molecule has 0 amide bonds. The van der Waals surface area contributed by atoms with Crippen molar-refractivity contribution in [3.8, 4) is 0 Å². The van der Waals surface area contributed by atoms with E-state index in [1.165, 1.54) is 0 Å². The Morgan fingerprint density at radius 3 is 1.28 bits per heavy atom. The van der Waals surface area contributed by atoms with Gasteiger partial charge in [-0.1, -0.05) is 148 Å². The Morgan fingerprint density at radius 1 is 0.508 bits per heavy atom. The van der Waals surface area contributed by atoms with Crippen LogP contribution >= 0.6 is 7.82 Å². The van der Waals surface area contributed by atoms with Crippen molar-refractivity contribution >= 4 is 13.8 Å². The van der Waals surface area contributed by atoms with Gasteiger partial charge >= 0.3 is 13.8 Å². The molecule has 2 atom stereocenters. The molecule has 0 aliphatic rings. The summed E-state index contributed by atoms with van der Waals surface area (Å²) in [5.74, 6) is -0.378. The maximum atomic E-state index is 12.7. The summed E-state index contributed by atoms with van der Waals surface area (Å²) in [5.41, 5.74) is 0. The molecule has 344 valence electrons. The summed E-state index contributed by atoms with van der Waals surface area (Å²) in [6, 6.07) is 0. The van der Waals surface area contributed by atoms with Crippen LogP contribution in [0.4, 0.5) is 0 Å². The first-order valence-electron chi connectivity index (χ1n) is 22.9. The van der Waals surface area contributed by atoms with E-state index in [0.717, 1.165) is 103 Å². The summed E-state index contributed by atoms with van der Waals surface area (Å²) in [6.45, 7) is 5.17. The van der Waals surface area contributed by atoms with Crippen LogP contribution in [0.15, 0.2) is 134 Å². The van der Waals surface area contributed by atoms with Gasteiger partial charge in [0.25, 0.3) is 0 Å². The molecule has 9 heteroatoms. The number of phosphoric acid groups is 1. The lowest BCUT2D eigenvalue weighted by Crippen LogP contribution is -2.37. The molecule has 1 N–H and O–H groups in total. The lowest BCUT2D eigenvalue weighted by atomic mass is 10.2. The quantitative estimate of drug-likeness (QED) is 0.0216. The monoisotopic (exact) mass is 867 g/mol. The summed E-state index contributed by atoms with van der Waals surface area (Å²) >= 11 is 0. The number of nitrogens with zero attached hydrogens (tertiary/aromatic N) is 1. The molecule has 0 aromatic heterocycles. The second kappa shape index (κ2) is 43.3. The molecule has 0 spiro atoms. The van der Waals surface area contributed by atoms with E-state index < -0.39 is 13.9 Å². The number of carbonyl (C=O) groups excluding carboxylic acids is 1. The van der Waals surface area contributed by atoms with E-state index in [2.05, 4.69) is 148 Å². The van der Waals surface area contributed by atoms with Crippen LogP contribution in [0.5, 0.6) is 0 Å². The Morgan fingerprint density at radius 2 is 0.885 bits per heavy atom. The zero-order chi connectivity index (χ0) is 44.8. The molecule has 0 saturated heterocycles. The molecule has 0 radical (unpaired) electrons. The number of likely N-dealkylation sites (N-methyl/N-ethyl adjacent to an activating group) is 1. The Hall–Kier alpha value is -3.36. The lowest BCUT2D eigenvalue weighted by Gasteiger charge is -2.24. The number of unbranched alkanes of at least 4 members (excludes halogenated alkanes) is 4. The molecule has 0 bridgehead atoms. The fourth-order valence-corrected chi connectivity index (χ4v) is 5.97. The molecular formula is C52H85NO7P+. The van der Waals surface area contributed by atoms with Crippen molar-refractivity contribution in [1.82, 2.24) is 0 Å². The zero-order valence-electron chi connectivity index (χ0n) is 38.8. The maximum Gasteiger partial charge on any atom is 0.472 e. The maximum absolute atomic E-state index is 12.7. The Balaban J connectivity index is 4.43. The van der Waals surface area contributed by atoms with E-state index in [0.29, 0.717) is 24.1 Å². The van der Waals surface area contributed by atoms with E-state index in [1.54, 1.807) is 0 Å². The Bertz CT molecular complexity index is 1420. The van der Waals surface area contributed by atoms with Gasteiger partial charge in [-0.25, -0.2) is 4.57 Å². The summed E-state index contributed by atoms with van der Waals surface area (Å²) in [6.07, 6.45) is 63.6. The topological polar surface area (TPSA) is 91.3 Å². The molecule has 0 rings (SSSR count). The second-order valence-electron chi connectivity index (χ2n) is 15.7. The van der Waals surface area contributed by atoms with Crippen molar-refractivity contribution in [2.75, 3.05) is 54.1 Å². The number of esters is 1. The number of hydrogen-bond donors (Lipinski definition) is 1. The molecule has 61 heavy (non-hydrogen) atoms. The average Bonchev–Trinajstić information content (AvgIpc) is 3.22. The highest BCUT2D eigenvalue weighted by Gasteiger charge is 2.26. The van der Waals surface area contributed by atoms with E-state index >= 15 is 0 Å². The fraction of sp³-hybridized carbons (Fsp3) is 0.558. The predicted molar refractivity (Wildman–Crippen MR) is 260 cm³/mol. The molecule has 2 unspecified atom stereocenters. The molecule has 0 aliphatic heterocycles. The third kappa shape index (κ3) is 47.5. The first kappa shape index (κ1) is 57.6. The molecule has 0 aliphatic carbocycles. The van der Waals surface area contributed by atoms with Gasteiger partial charge in [0.2, 0.25) is 0 Å². The smallest absolute Gasteiger partial charge is 0.457 e. The van der Waals surface area contributed by atoms with Gasteiger partial charge in [0.1, 0.15) is 19.3 Å². The Kier molecular flexibility index (Phi) is 40.9. The van der Waals surface area contributed by atoms with Gasteiger partial charge in [0.15, 0.2) is 0 Å². The molecular weight excluding hydrogens is 782 g/mol. The minimum Gasteiger partial charge on any atom is -0.457 e. The van der Waals surface area contributed by atoms with Crippen LogP contribution in [0, 0.1) is 0 Å². The summed E-state index contributed by atoms with van der Waals surface area (Å²) < 4.78 is 34.9. The van der Waals surface area contributed by atoms with Crippen LogP contribution in [-0.2, 0) is 27.9 Å². The van der Waals surface area contributed by atoms with Crippen molar-refractivity contribution in [1.29, 1.82) is 0 Å². The van der Waals surface area contributed by atoms with Crippen molar-refractivity contribution in [3.63, 3.8) is 0 Å². The number of carbonyl (C=O) groups is 1. The molecule has 0 aromatic carbocycles. The highest BCUT2D eigenvalue weighted by atomic mass is 31.2. The van der Waals surface area contributed by atoms with Gasteiger partial charge in [0, 0.05) is 13.0 Å². The minimum atomic E-state index is -4.31. The average molecular weight is 867 g/mol. The third-order valence-corrected chi connectivity index (χ3v) is 9.69. The van der Waals surface area contributed by atoms with E-state index in [4.69, 9.17) is 18.5 Å². The number of hydrogen-bond acceptors (Lipinski definition) is 6. The van der Waals surface area contributed by atoms with Gasteiger partial charge < -0.3 is 18.9 Å². The largest absolute Gasteiger partial charge is 0.472 e. The van der Waals surface area contributed by atoms with Crippen LogP contribution in [0.2, 0.25) is 0 Å². The van der Waals surface area contributed by atoms with Crippen LogP contribution in [0.3, 0.4) is 0 Å². The van der Waals surface area contributed by atoms with Gasteiger partial charge in [-0.05, 0) is 109 Å². The van der Waals surface area contributed by atoms with Crippen molar-refractivity contribution in [3.05, 3.63) is 134 Å². The summed E-state index contributed by atoms with van der Waals surface area (Å²) in [4.78, 5) is 22.9. The highest BCUT2D eigenvalue weighted by molar-refractivity contribution is 7.47. The van der Waals surface area contributed by atoms with Crippen LogP contribution in [-0.4, -0.2) is 75.6 Å². The minimum absolute atomic E-state index is 0.0624. The summed E-state index contributed by atoms with van der Waals surface area (Å²) in [5, 5.41) is 0. The number of ether oxygens (including phenoxy) is 2.